The molecule has 1 aromatic rings. The van der Waals surface area contributed by atoms with Crippen LogP contribution in [0.4, 0.5) is 13.2 Å². The van der Waals surface area contributed by atoms with E-state index in [9.17, 15) is 18.0 Å². The highest BCUT2D eigenvalue weighted by molar-refractivity contribution is 7.99. The number of carbonyl (C=O) groups excluding carboxylic acids is 1. The Labute approximate surface area is 107 Å². The molecule has 0 aliphatic carbocycles. The van der Waals surface area contributed by atoms with Crippen LogP contribution in [-0.4, -0.2) is 23.1 Å². The molecule has 0 radical (unpaired) electrons. The third-order valence-corrected chi connectivity index (χ3v) is 4.07. The molecule has 1 fully saturated rings. The molecule has 0 N–H and O–H groups in total. The molecule has 0 bridgehead atoms. The third kappa shape index (κ3) is 2.48. The fourth-order valence-electron chi connectivity index (χ4n) is 2.02. The number of hydrogen-bond acceptors (Lipinski definition) is 2. The van der Waals surface area contributed by atoms with E-state index in [4.69, 9.17) is 0 Å². The highest BCUT2D eigenvalue weighted by Crippen LogP contribution is 2.43. The maximum absolute atomic E-state index is 12.9. The van der Waals surface area contributed by atoms with Gasteiger partial charge in [-0.05, 0) is 11.6 Å². The average Bonchev–Trinajstić information content (AvgIpc) is 2.76. The number of rotatable bonds is 1. The van der Waals surface area contributed by atoms with Crippen molar-refractivity contribution in [1.82, 2.24) is 4.90 Å². The van der Waals surface area contributed by atoms with Gasteiger partial charge in [-0.2, -0.15) is 13.2 Å². The fraction of sp³-hybridized carbons (Fsp3) is 0.417. The molecule has 1 aliphatic heterocycles. The Kier molecular flexibility index (Phi) is 3.56. The van der Waals surface area contributed by atoms with Gasteiger partial charge in [0.1, 0.15) is 5.37 Å². The van der Waals surface area contributed by atoms with Gasteiger partial charge in [0.15, 0.2) is 0 Å². The van der Waals surface area contributed by atoms with E-state index in [1.54, 1.807) is 6.07 Å². The summed E-state index contributed by atoms with van der Waals surface area (Å²) in [6, 6.07) is 5.44. The maximum atomic E-state index is 12.9. The van der Waals surface area contributed by atoms with Crippen LogP contribution in [0.5, 0.6) is 0 Å². The van der Waals surface area contributed by atoms with Crippen LogP contribution >= 0.6 is 11.8 Å². The molecule has 2 nitrogen and oxygen atoms in total. The largest absolute Gasteiger partial charge is 0.416 e. The van der Waals surface area contributed by atoms with Gasteiger partial charge in [0.25, 0.3) is 0 Å². The molecule has 1 aromatic carbocycles. The van der Waals surface area contributed by atoms with Crippen molar-refractivity contribution >= 4 is 17.7 Å². The number of halogens is 3. The molecule has 2 rings (SSSR count). The quantitative estimate of drug-likeness (QED) is 0.783. The van der Waals surface area contributed by atoms with Crippen molar-refractivity contribution in [2.75, 3.05) is 12.3 Å². The van der Waals surface area contributed by atoms with Gasteiger partial charge in [0.05, 0.1) is 5.56 Å². The second-order valence-corrected chi connectivity index (χ2v) is 5.21. The highest BCUT2D eigenvalue weighted by atomic mass is 32.2. The van der Waals surface area contributed by atoms with Gasteiger partial charge in [0, 0.05) is 19.2 Å². The van der Waals surface area contributed by atoms with Crippen molar-refractivity contribution < 1.29 is 18.0 Å². The lowest BCUT2D eigenvalue weighted by molar-refractivity contribution is -0.139. The summed E-state index contributed by atoms with van der Waals surface area (Å²) in [5.74, 6) is 0.471. The van der Waals surface area contributed by atoms with E-state index < -0.39 is 17.1 Å². The van der Waals surface area contributed by atoms with Gasteiger partial charge >= 0.3 is 6.18 Å². The highest BCUT2D eigenvalue weighted by Gasteiger charge is 2.38. The second kappa shape index (κ2) is 4.84. The second-order valence-electron chi connectivity index (χ2n) is 4.02. The minimum atomic E-state index is -4.39. The Morgan fingerprint density at radius 2 is 2.06 bits per heavy atom. The summed E-state index contributed by atoms with van der Waals surface area (Å²) >= 11 is 1.37. The Bertz CT molecular complexity index is 461. The van der Waals surface area contributed by atoms with Crippen LogP contribution in [0.15, 0.2) is 24.3 Å². The number of benzene rings is 1. The zero-order valence-electron chi connectivity index (χ0n) is 9.70. The molecule has 18 heavy (non-hydrogen) atoms. The van der Waals surface area contributed by atoms with E-state index >= 15 is 0 Å². The smallest absolute Gasteiger partial charge is 0.326 e. The summed E-state index contributed by atoms with van der Waals surface area (Å²) in [5, 5.41) is -0.527. The number of alkyl halides is 3. The van der Waals surface area contributed by atoms with Crippen molar-refractivity contribution in [2.24, 2.45) is 0 Å². The first-order valence-electron chi connectivity index (χ1n) is 5.46. The van der Waals surface area contributed by atoms with Crippen molar-refractivity contribution in [2.45, 2.75) is 18.5 Å². The number of nitrogens with zero attached hydrogens (tertiary/aromatic N) is 1. The summed E-state index contributed by atoms with van der Waals surface area (Å²) < 4.78 is 38.8. The van der Waals surface area contributed by atoms with Crippen molar-refractivity contribution in [3.63, 3.8) is 0 Å². The molecule has 0 unspecified atom stereocenters. The number of thioether (sulfide) groups is 1. The Morgan fingerprint density at radius 3 is 2.67 bits per heavy atom. The molecular weight excluding hydrogens is 263 g/mol. The molecule has 0 saturated carbocycles. The van der Waals surface area contributed by atoms with E-state index in [-0.39, 0.29) is 11.5 Å². The lowest BCUT2D eigenvalue weighted by atomic mass is 10.1. The van der Waals surface area contributed by atoms with Crippen LogP contribution in [0, 0.1) is 0 Å². The summed E-state index contributed by atoms with van der Waals surface area (Å²) in [5.41, 5.74) is -0.488. The van der Waals surface area contributed by atoms with Gasteiger partial charge in [-0.1, -0.05) is 18.2 Å². The predicted octanol–water partition coefficient (Wildman–Crippen LogP) is 3.30. The minimum Gasteiger partial charge on any atom is -0.326 e. The van der Waals surface area contributed by atoms with E-state index in [0.717, 1.165) is 6.07 Å². The molecule has 98 valence electrons. The van der Waals surface area contributed by atoms with Crippen LogP contribution in [-0.2, 0) is 11.0 Å². The van der Waals surface area contributed by atoms with E-state index in [1.807, 2.05) is 0 Å². The van der Waals surface area contributed by atoms with Crippen LogP contribution in [0.3, 0.4) is 0 Å². The third-order valence-electron chi connectivity index (χ3n) is 2.83. The zero-order chi connectivity index (χ0) is 13.3. The summed E-state index contributed by atoms with van der Waals surface area (Å²) in [7, 11) is 0. The van der Waals surface area contributed by atoms with Crippen molar-refractivity contribution in [1.29, 1.82) is 0 Å². The molecule has 1 aliphatic rings. The lowest BCUT2D eigenvalue weighted by Crippen LogP contribution is -2.29. The first-order chi connectivity index (χ1) is 8.41. The first kappa shape index (κ1) is 13.3. The minimum absolute atomic E-state index is 0.169. The molecule has 1 heterocycles. The monoisotopic (exact) mass is 275 g/mol. The van der Waals surface area contributed by atoms with Crippen LogP contribution in [0.25, 0.3) is 0 Å². The van der Waals surface area contributed by atoms with Gasteiger partial charge in [-0.15, -0.1) is 11.8 Å². The van der Waals surface area contributed by atoms with Gasteiger partial charge < -0.3 is 4.90 Å². The Balaban J connectivity index is 2.42. The lowest BCUT2D eigenvalue weighted by Gasteiger charge is -2.25. The molecule has 0 aromatic heterocycles. The number of carbonyl (C=O) groups is 1. The topological polar surface area (TPSA) is 20.3 Å². The molecule has 0 spiro atoms. The molecule has 1 atom stereocenters. The molecule has 1 amide bonds. The molecule has 6 heteroatoms. The van der Waals surface area contributed by atoms with Crippen LogP contribution in [0.2, 0.25) is 0 Å². The van der Waals surface area contributed by atoms with Crippen LogP contribution in [0.1, 0.15) is 23.4 Å². The van der Waals surface area contributed by atoms with Gasteiger partial charge in [-0.25, -0.2) is 0 Å². The SMILES string of the molecule is CC(=O)N1CCS[C@H]1c1ccccc1C(F)(F)F. The average molecular weight is 275 g/mol. The normalized spacial score (nSPS) is 20.2. The maximum Gasteiger partial charge on any atom is 0.416 e. The van der Waals surface area contributed by atoms with Gasteiger partial charge in [0.2, 0.25) is 5.91 Å². The van der Waals surface area contributed by atoms with Gasteiger partial charge in [-0.3, -0.25) is 4.79 Å². The Hall–Kier alpha value is -1.17. The standard InChI is InChI=1S/C12H12F3NOS/c1-8(17)16-6-7-18-11(16)9-4-2-3-5-10(9)12(13,14)15/h2-5,11H,6-7H2,1H3/t11-/m0/s1. The fourth-order valence-corrected chi connectivity index (χ4v) is 3.36. The summed E-state index contributed by atoms with van der Waals surface area (Å²) in [4.78, 5) is 12.9. The number of hydrogen-bond donors (Lipinski definition) is 0. The summed E-state index contributed by atoms with van der Waals surface area (Å²) in [6.07, 6.45) is -4.39. The van der Waals surface area contributed by atoms with Crippen molar-refractivity contribution in [3.05, 3.63) is 35.4 Å². The van der Waals surface area contributed by atoms with E-state index in [1.165, 1.54) is 35.7 Å². The predicted molar refractivity (Wildman–Crippen MR) is 64.0 cm³/mol. The van der Waals surface area contributed by atoms with E-state index in [2.05, 4.69) is 0 Å². The van der Waals surface area contributed by atoms with E-state index in [0.29, 0.717) is 12.3 Å². The zero-order valence-corrected chi connectivity index (χ0v) is 10.5. The Morgan fingerprint density at radius 1 is 1.39 bits per heavy atom. The molecule has 1 saturated heterocycles. The first-order valence-corrected chi connectivity index (χ1v) is 6.51. The number of amides is 1. The molecular formula is C12H12F3NOS. The summed E-state index contributed by atoms with van der Waals surface area (Å²) in [6.45, 7) is 1.88. The van der Waals surface area contributed by atoms with Crippen LogP contribution < -0.4 is 0 Å². The van der Waals surface area contributed by atoms with Crippen molar-refractivity contribution in [3.8, 4) is 0 Å².